The summed E-state index contributed by atoms with van der Waals surface area (Å²) in [5.74, 6) is -0.763. The van der Waals surface area contributed by atoms with Crippen molar-refractivity contribution in [1.82, 2.24) is 15.1 Å². The molecule has 4 rings (SSSR count). The zero-order valence-electron chi connectivity index (χ0n) is 14.9. The second-order valence-corrected chi connectivity index (χ2v) is 7.51. The number of piperidine rings is 1. The fourth-order valence-corrected chi connectivity index (χ4v) is 4.27. The summed E-state index contributed by atoms with van der Waals surface area (Å²) < 4.78 is 0. The van der Waals surface area contributed by atoms with E-state index in [-0.39, 0.29) is 30.2 Å². The van der Waals surface area contributed by atoms with Gasteiger partial charge in [-0.3, -0.25) is 24.6 Å². The number of carbonyl (C=O) groups is 3. The number of likely N-dealkylation sites (tertiary alicyclic amines) is 1. The van der Waals surface area contributed by atoms with Gasteiger partial charge in [0.25, 0.3) is 5.91 Å². The van der Waals surface area contributed by atoms with Gasteiger partial charge in [-0.2, -0.15) is 0 Å². The van der Waals surface area contributed by atoms with E-state index in [4.69, 9.17) is 5.73 Å². The molecule has 0 bridgehead atoms. The molecule has 3 atom stereocenters. The molecule has 7 heteroatoms. The normalized spacial score (nSPS) is 29.2. The molecule has 3 aliphatic heterocycles. The number of nitrogens with zero attached hydrogens (tertiary/aromatic N) is 2. The Bertz CT molecular complexity index is 778. The van der Waals surface area contributed by atoms with Gasteiger partial charge in [-0.15, -0.1) is 0 Å². The highest BCUT2D eigenvalue weighted by molar-refractivity contribution is 6.05. The van der Waals surface area contributed by atoms with Crippen molar-refractivity contribution < 1.29 is 14.4 Å². The number of rotatable bonds is 3. The summed E-state index contributed by atoms with van der Waals surface area (Å²) in [6.07, 6.45) is 1.64. The van der Waals surface area contributed by atoms with E-state index in [1.165, 1.54) is 0 Å². The van der Waals surface area contributed by atoms with Crippen LogP contribution < -0.4 is 11.1 Å². The highest BCUT2D eigenvalue weighted by Crippen LogP contribution is 2.31. The van der Waals surface area contributed by atoms with E-state index in [1.54, 1.807) is 4.90 Å². The van der Waals surface area contributed by atoms with Gasteiger partial charge in [-0.05, 0) is 37.0 Å². The molecule has 0 aromatic heterocycles. The molecule has 3 heterocycles. The minimum absolute atomic E-state index is 0.123. The first-order valence-electron chi connectivity index (χ1n) is 9.20. The molecule has 3 aliphatic rings. The Balaban J connectivity index is 1.56. The van der Waals surface area contributed by atoms with Crippen LogP contribution in [0.15, 0.2) is 18.2 Å². The van der Waals surface area contributed by atoms with E-state index in [2.05, 4.69) is 23.2 Å². The van der Waals surface area contributed by atoms with E-state index in [1.807, 2.05) is 12.1 Å². The number of carbonyl (C=O) groups excluding carboxylic acids is 3. The van der Waals surface area contributed by atoms with Gasteiger partial charge in [0, 0.05) is 43.7 Å². The zero-order valence-corrected chi connectivity index (χ0v) is 14.9. The van der Waals surface area contributed by atoms with Gasteiger partial charge < -0.3 is 10.6 Å². The van der Waals surface area contributed by atoms with Crippen LogP contribution in [0.5, 0.6) is 0 Å². The Morgan fingerprint density at radius 1 is 1.23 bits per heavy atom. The van der Waals surface area contributed by atoms with E-state index < -0.39 is 6.04 Å². The Kier molecular flexibility index (Phi) is 4.28. The van der Waals surface area contributed by atoms with Crippen molar-refractivity contribution in [2.75, 3.05) is 6.54 Å². The lowest BCUT2D eigenvalue weighted by molar-refractivity contribution is -0.136. The maximum Gasteiger partial charge on any atom is 0.255 e. The van der Waals surface area contributed by atoms with Crippen molar-refractivity contribution in [3.63, 3.8) is 0 Å². The van der Waals surface area contributed by atoms with Crippen molar-refractivity contribution in [2.45, 2.75) is 57.4 Å². The van der Waals surface area contributed by atoms with Gasteiger partial charge >= 0.3 is 0 Å². The van der Waals surface area contributed by atoms with Crippen LogP contribution in [0.25, 0.3) is 0 Å². The summed E-state index contributed by atoms with van der Waals surface area (Å²) in [7, 11) is 0. The molecule has 26 heavy (non-hydrogen) atoms. The number of imide groups is 1. The third-order valence-electron chi connectivity index (χ3n) is 6.00. The summed E-state index contributed by atoms with van der Waals surface area (Å²) in [6.45, 7) is 4.28. The van der Waals surface area contributed by atoms with Crippen molar-refractivity contribution >= 4 is 17.7 Å². The molecule has 2 fully saturated rings. The first kappa shape index (κ1) is 17.2. The Labute approximate surface area is 152 Å². The smallest absolute Gasteiger partial charge is 0.255 e. The van der Waals surface area contributed by atoms with Crippen LogP contribution in [0.2, 0.25) is 0 Å². The second-order valence-electron chi connectivity index (χ2n) is 7.51. The quantitative estimate of drug-likeness (QED) is 0.763. The molecule has 0 saturated carbocycles. The van der Waals surface area contributed by atoms with Crippen LogP contribution >= 0.6 is 0 Å². The number of amides is 3. The highest BCUT2D eigenvalue weighted by atomic mass is 16.2. The number of nitrogens with one attached hydrogen (secondary N) is 1. The maximum absolute atomic E-state index is 12.9. The van der Waals surface area contributed by atoms with Gasteiger partial charge in [0.1, 0.15) is 6.04 Å². The minimum atomic E-state index is -0.570. The first-order chi connectivity index (χ1) is 12.5. The van der Waals surface area contributed by atoms with Crippen molar-refractivity contribution in [2.24, 2.45) is 5.73 Å². The van der Waals surface area contributed by atoms with Crippen LogP contribution in [-0.4, -0.2) is 52.2 Å². The summed E-state index contributed by atoms with van der Waals surface area (Å²) in [6, 6.07) is 5.71. The number of hydrogen-bond acceptors (Lipinski definition) is 5. The van der Waals surface area contributed by atoms with Gasteiger partial charge in [-0.1, -0.05) is 12.1 Å². The number of hydrogen-bond donors (Lipinski definition) is 2. The predicted molar refractivity (Wildman–Crippen MR) is 95.0 cm³/mol. The van der Waals surface area contributed by atoms with Crippen LogP contribution in [0.1, 0.15) is 47.7 Å². The Hall–Kier alpha value is -2.25. The summed E-state index contributed by atoms with van der Waals surface area (Å²) in [5.41, 5.74) is 8.91. The summed E-state index contributed by atoms with van der Waals surface area (Å²) >= 11 is 0. The number of benzene rings is 1. The lowest BCUT2D eigenvalue weighted by Gasteiger charge is -2.29. The van der Waals surface area contributed by atoms with Crippen molar-refractivity contribution in [3.8, 4) is 0 Å². The van der Waals surface area contributed by atoms with Gasteiger partial charge in [0.05, 0.1) is 0 Å². The Morgan fingerprint density at radius 2 is 2.04 bits per heavy atom. The van der Waals surface area contributed by atoms with Crippen LogP contribution in [0.3, 0.4) is 0 Å². The maximum atomic E-state index is 12.9. The third-order valence-corrected chi connectivity index (χ3v) is 6.00. The van der Waals surface area contributed by atoms with Gasteiger partial charge in [-0.25, -0.2) is 0 Å². The molecule has 0 spiro atoms. The lowest BCUT2D eigenvalue weighted by atomic mass is 10.0. The van der Waals surface area contributed by atoms with Gasteiger partial charge in [0.15, 0.2) is 0 Å². The van der Waals surface area contributed by atoms with Crippen LogP contribution in [0.4, 0.5) is 0 Å². The summed E-state index contributed by atoms with van der Waals surface area (Å²) in [5, 5.41) is 2.34. The average molecular weight is 356 g/mol. The number of nitrogens with two attached hydrogens (primary N) is 1. The molecule has 1 aromatic rings. The molecule has 3 N–H and O–H groups in total. The highest BCUT2D eigenvalue weighted by Gasteiger charge is 2.40. The monoisotopic (exact) mass is 356 g/mol. The topological polar surface area (TPSA) is 95.7 Å². The summed E-state index contributed by atoms with van der Waals surface area (Å²) in [4.78, 5) is 40.4. The van der Waals surface area contributed by atoms with Crippen LogP contribution in [-0.2, 0) is 22.7 Å². The van der Waals surface area contributed by atoms with Crippen molar-refractivity contribution in [3.05, 3.63) is 34.9 Å². The van der Waals surface area contributed by atoms with Gasteiger partial charge in [0.2, 0.25) is 11.8 Å². The lowest BCUT2D eigenvalue weighted by Crippen LogP contribution is -2.52. The molecular weight excluding hydrogens is 332 g/mol. The molecule has 1 unspecified atom stereocenters. The molecule has 0 radical (unpaired) electrons. The molecular formula is C19H24N4O3. The molecule has 2 saturated heterocycles. The molecule has 1 aromatic carbocycles. The largest absolute Gasteiger partial charge is 0.326 e. The fourth-order valence-electron chi connectivity index (χ4n) is 4.27. The SMILES string of the molecule is C[C@H]1[C@@H](N)CCN1Cc1cccc2c1CN(C1CCC(=O)NC1=O)C2=O. The third kappa shape index (κ3) is 2.81. The van der Waals surface area contributed by atoms with E-state index in [0.29, 0.717) is 24.6 Å². The van der Waals surface area contributed by atoms with E-state index in [0.717, 1.165) is 30.6 Å². The first-order valence-corrected chi connectivity index (χ1v) is 9.20. The average Bonchev–Trinajstić information content (AvgIpc) is 3.11. The molecule has 3 amide bonds. The Morgan fingerprint density at radius 3 is 2.73 bits per heavy atom. The van der Waals surface area contributed by atoms with E-state index >= 15 is 0 Å². The fraction of sp³-hybridized carbons (Fsp3) is 0.526. The molecule has 7 nitrogen and oxygen atoms in total. The minimum Gasteiger partial charge on any atom is -0.326 e. The van der Waals surface area contributed by atoms with Crippen LogP contribution in [0, 0.1) is 0 Å². The predicted octanol–water partition coefficient (Wildman–Crippen LogP) is 0.369. The second kappa shape index (κ2) is 6.48. The number of fused-ring (bicyclic) bond motifs is 1. The van der Waals surface area contributed by atoms with E-state index in [9.17, 15) is 14.4 Å². The molecule has 0 aliphatic carbocycles. The standard InChI is InChI=1S/C19H24N4O3/c1-11-15(20)7-8-22(11)9-12-3-2-4-13-14(12)10-23(19(13)26)16-5-6-17(24)21-18(16)25/h2-4,11,15-16H,5-10,20H2,1H3,(H,21,24,25)/t11-,15-,16?/m0/s1. The molecule has 138 valence electrons. The van der Waals surface area contributed by atoms with Crippen molar-refractivity contribution in [1.29, 1.82) is 0 Å². The zero-order chi connectivity index (χ0) is 18.4.